The number of carbonyl (C=O) groups is 1. The van der Waals surface area contributed by atoms with E-state index in [4.69, 9.17) is 14.2 Å². The topological polar surface area (TPSA) is 92.0 Å². The van der Waals surface area contributed by atoms with E-state index in [1.165, 1.54) is 18.0 Å². The highest BCUT2D eigenvalue weighted by Crippen LogP contribution is 2.37. The molecule has 1 heterocycles. The summed E-state index contributed by atoms with van der Waals surface area (Å²) in [5.41, 5.74) is 0.977. The van der Waals surface area contributed by atoms with Crippen molar-refractivity contribution in [1.82, 2.24) is 9.66 Å². The monoisotopic (exact) mass is 565 g/mol. The molecule has 0 unspecified atom stereocenters. The summed E-state index contributed by atoms with van der Waals surface area (Å²) >= 11 is 6.84. The third-order valence-corrected chi connectivity index (χ3v) is 5.53. The smallest absolute Gasteiger partial charge is 0.346 e. The van der Waals surface area contributed by atoms with Crippen LogP contribution in [0.2, 0.25) is 0 Å². The van der Waals surface area contributed by atoms with Crippen LogP contribution in [-0.4, -0.2) is 41.7 Å². The second-order valence-electron chi connectivity index (χ2n) is 6.73. The number of benzene rings is 2. The van der Waals surface area contributed by atoms with Gasteiger partial charge in [0.2, 0.25) is 0 Å². The first-order valence-corrected chi connectivity index (χ1v) is 11.3. The van der Waals surface area contributed by atoms with Crippen LogP contribution in [0.25, 0.3) is 10.9 Å². The van der Waals surface area contributed by atoms with Crippen LogP contribution < -0.4 is 15.0 Å². The lowest BCUT2D eigenvalue weighted by molar-refractivity contribution is -0.147. The minimum absolute atomic E-state index is 0.277. The average molecular weight is 567 g/mol. The molecule has 0 aliphatic rings. The Hall–Kier alpha value is -2.72. The summed E-state index contributed by atoms with van der Waals surface area (Å²) in [5.74, 6) is 0.739. The number of nitrogens with zero attached hydrogens (tertiary/aromatic N) is 3. The largest absolute Gasteiger partial charge is 0.490 e. The predicted molar refractivity (Wildman–Crippen MR) is 129 cm³/mol. The summed E-state index contributed by atoms with van der Waals surface area (Å²) < 4.78 is 18.7. The summed E-state index contributed by atoms with van der Waals surface area (Å²) in [6.07, 6.45) is 0.708. The van der Waals surface area contributed by atoms with Gasteiger partial charge in [0.1, 0.15) is 5.82 Å². The van der Waals surface area contributed by atoms with Gasteiger partial charge in [0.25, 0.3) is 5.56 Å². The molecule has 0 saturated carbocycles. The third-order valence-electron chi connectivity index (χ3n) is 4.45. The molecular weight excluding hydrogens is 546 g/mol. The van der Waals surface area contributed by atoms with Crippen molar-refractivity contribution in [3.05, 3.63) is 61.0 Å². The van der Waals surface area contributed by atoms with E-state index in [0.29, 0.717) is 44.9 Å². The summed E-state index contributed by atoms with van der Waals surface area (Å²) in [6.45, 7) is 5.53. The van der Waals surface area contributed by atoms with E-state index in [1.54, 1.807) is 38.1 Å². The van der Waals surface area contributed by atoms with Gasteiger partial charge < -0.3 is 14.2 Å². The number of rotatable bonds is 7. The van der Waals surface area contributed by atoms with Gasteiger partial charge in [0.15, 0.2) is 17.6 Å². The standard InChI is InChI=1S/C22H21Br2N3O5/c1-5-31-19-9-14(8-17(24)20(19)32-12(2)22(29)30-4)11-25-27-13(3)26-18-7-6-15(23)10-16(18)21(27)28/h6-12H,5H2,1-4H3/t12-/m1/s1. The fourth-order valence-corrected chi connectivity index (χ4v) is 3.87. The molecule has 3 aromatic rings. The molecule has 10 heteroatoms. The van der Waals surface area contributed by atoms with Crippen molar-refractivity contribution >= 4 is 54.9 Å². The second kappa shape index (κ2) is 10.3. The molecule has 3 rings (SSSR count). The maximum Gasteiger partial charge on any atom is 0.346 e. The van der Waals surface area contributed by atoms with Crippen molar-refractivity contribution in [3.63, 3.8) is 0 Å². The van der Waals surface area contributed by atoms with E-state index in [-0.39, 0.29) is 5.56 Å². The number of hydrogen-bond donors (Lipinski definition) is 0. The zero-order valence-corrected chi connectivity index (χ0v) is 21.1. The molecule has 1 aromatic heterocycles. The fraction of sp³-hybridized carbons (Fsp3) is 0.273. The van der Waals surface area contributed by atoms with Crippen molar-refractivity contribution in [3.8, 4) is 11.5 Å². The van der Waals surface area contributed by atoms with Gasteiger partial charge in [-0.2, -0.15) is 9.78 Å². The molecule has 2 aromatic carbocycles. The Morgan fingerprint density at radius 2 is 2.03 bits per heavy atom. The number of aryl methyl sites for hydroxylation is 1. The highest BCUT2D eigenvalue weighted by atomic mass is 79.9. The number of carbonyl (C=O) groups excluding carboxylic acids is 1. The molecule has 0 aliphatic heterocycles. The Labute approximate surface area is 201 Å². The SMILES string of the molecule is CCOc1cc(C=Nn2c(C)nc3ccc(Br)cc3c2=O)cc(Br)c1O[C@H](C)C(=O)OC. The van der Waals surface area contributed by atoms with Gasteiger partial charge in [0, 0.05) is 4.47 Å². The van der Waals surface area contributed by atoms with Crippen LogP contribution in [0.15, 0.2) is 49.2 Å². The molecule has 8 nitrogen and oxygen atoms in total. The van der Waals surface area contributed by atoms with Crippen molar-refractivity contribution in [2.24, 2.45) is 5.10 Å². The molecule has 1 atom stereocenters. The summed E-state index contributed by atoms with van der Waals surface area (Å²) in [5, 5.41) is 4.80. The Bertz CT molecular complexity index is 1260. The number of aromatic nitrogens is 2. The lowest BCUT2D eigenvalue weighted by Gasteiger charge is -2.17. The number of ether oxygens (including phenoxy) is 3. The maximum absolute atomic E-state index is 12.9. The van der Waals surface area contributed by atoms with Gasteiger partial charge in [-0.15, -0.1) is 0 Å². The lowest BCUT2D eigenvalue weighted by Crippen LogP contribution is -2.25. The average Bonchev–Trinajstić information content (AvgIpc) is 2.76. The first kappa shape index (κ1) is 23.9. The maximum atomic E-state index is 12.9. The van der Waals surface area contributed by atoms with E-state index in [9.17, 15) is 9.59 Å². The van der Waals surface area contributed by atoms with Gasteiger partial charge in [0.05, 0.1) is 35.3 Å². The van der Waals surface area contributed by atoms with Crippen molar-refractivity contribution < 1.29 is 19.0 Å². The quantitative estimate of drug-likeness (QED) is 0.310. The lowest BCUT2D eigenvalue weighted by atomic mass is 10.2. The van der Waals surface area contributed by atoms with E-state index in [0.717, 1.165) is 4.47 Å². The van der Waals surface area contributed by atoms with Gasteiger partial charge >= 0.3 is 5.97 Å². The van der Waals surface area contributed by atoms with Crippen LogP contribution in [0.3, 0.4) is 0 Å². The molecule has 0 saturated heterocycles. The minimum atomic E-state index is -0.820. The van der Waals surface area contributed by atoms with Crippen molar-refractivity contribution in [1.29, 1.82) is 0 Å². The normalized spacial score (nSPS) is 12.2. The van der Waals surface area contributed by atoms with E-state index in [1.807, 2.05) is 13.0 Å². The number of halogens is 2. The Balaban J connectivity index is 2.00. The summed E-state index contributed by atoms with van der Waals surface area (Å²) in [4.78, 5) is 29.1. The van der Waals surface area contributed by atoms with E-state index < -0.39 is 12.1 Å². The van der Waals surface area contributed by atoms with Gasteiger partial charge in [-0.05, 0) is 72.6 Å². The summed E-state index contributed by atoms with van der Waals surface area (Å²) in [6, 6.07) is 8.79. The number of hydrogen-bond acceptors (Lipinski definition) is 7. The molecule has 32 heavy (non-hydrogen) atoms. The van der Waals surface area contributed by atoms with Crippen LogP contribution in [0, 0.1) is 6.92 Å². The van der Waals surface area contributed by atoms with Gasteiger partial charge in [-0.1, -0.05) is 15.9 Å². The van der Waals surface area contributed by atoms with E-state index >= 15 is 0 Å². The van der Waals surface area contributed by atoms with Gasteiger partial charge in [-0.3, -0.25) is 4.79 Å². The van der Waals surface area contributed by atoms with Crippen molar-refractivity contribution in [2.45, 2.75) is 26.9 Å². The molecule has 0 fully saturated rings. The Morgan fingerprint density at radius 1 is 1.28 bits per heavy atom. The Kier molecular flexibility index (Phi) is 7.68. The molecule has 0 amide bonds. The molecular formula is C22H21Br2N3O5. The zero-order chi connectivity index (χ0) is 23.4. The first-order valence-electron chi connectivity index (χ1n) is 9.69. The summed E-state index contributed by atoms with van der Waals surface area (Å²) in [7, 11) is 1.30. The fourth-order valence-electron chi connectivity index (χ4n) is 2.95. The van der Waals surface area contributed by atoms with Crippen LogP contribution in [0.4, 0.5) is 0 Å². The highest BCUT2D eigenvalue weighted by molar-refractivity contribution is 9.10. The predicted octanol–water partition coefficient (Wildman–Crippen LogP) is 4.45. The number of esters is 1. The molecule has 168 valence electrons. The number of fused-ring (bicyclic) bond motifs is 1. The van der Waals surface area contributed by atoms with Gasteiger partial charge in [-0.25, -0.2) is 9.78 Å². The number of methoxy groups -OCH3 is 1. The van der Waals surface area contributed by atoms with Crippen LogP contribution in [-0.2, 0) is 9.53 Å². The van der Waals surface area contributed by atoms with Crippen LogP contribution in [0.5, 0.6) is 11.5 Å². The van der Waals surface area contributed by atoms with Crippen LogP contribution >= 0.6 is 31.9 Å². The second-order valence-corrected chi connectivity index (χ2v) is 8.50. The molecule has 0 radical (unpaired) electrons. The zero-order valence-electron chi connectivity index (χ0n) is 17.9. The van der Waals surface area contributed by atoms with Crippen LogP contribution in [0.1, 0.15) is 25.2 Å². The highest BCUT2D eigenvalue weighted by Gasteiger charge is 2.20. The molecule has 0 N–H and O–H groups in total. The Morgan fingerprint density at radius 3 is 2.72 bits per heavy atom. The third kappa shape index (κ3) is 5.18. The van der Waals surface area contributed by atoms with Crippen molar-refractivity contribution in [2.75, 3.05) is 13.7 Å². The molecule has 0 bridgehead atoms. The molecule has 0 spiro atoms. The van der Waals surface area contributed by atoms with E-state index in [2.05, 4.69) is 41.9 Å². The molecule has 0 aliphatic carbocycles. The minimum Gasteiger partial charge on any atom is -0.490 e. The first-order chi connectivity index (χ1) is 15.2.